The molecule has 0 aliphatic carbocycles. The van der Waals surface area contributed by atoms with E-state index in [1.165, 1.54) is 7.11 Å². The molecule has 1 fully saturated rings. The van der Waals surface area contributed by atoms with Crippen molar-refractivity contribution in [2.24, 2.45) is 0 Å². The maximum atomic E-state index is 11.2. The van der Waals surface area contributed by atoms with Crippen molar-refractivity contribution in [1.82, 2.24) is 9.80 Å². The Balaban J connectivity index is 2.43. The molecule has 1 saturated heterocycles. The maximum Gasteiger partial charge on any atom is 0.409 e. The van der Waals surface area contributed by atoms with E-state index in [1.54, 1.807) is 4.90 Å². The summed E-state index contributed by atoms with van der Waals surface area (Å²) in [4.78, 5) is 15.3. The standard InChI is InChI=1S/C10H20N2O2/c1-10(2,3)12-7-5-11(6-8-12)9(13)14-4/h5-8H2,1-4H3. The summed E-state index contributed by atoms with van der Waals surface area (Å²) < 4.78 is 4.68. The summed E-state index contributed by atoms with van der Waals surface area (Å²) in [5.41, 5.74) is 0.197. The number of carbonyl (C=O) groups is 1. The Hall–Kier alpha value is -0.770. The number of amides is 1. The van der Waals surface area contributed by atoms with Gasteiger partial charge in [0.2, 0.25) is 0 Å². The fourth-order valence-electron chi connectivity index (χ4n) is 1.69. The second-order valence-corrected chi connectivity index (χ2v) is 4.61. The van der Waals surface area contributed by atoms with Crippen molar-refractivity contribution in [3.05, 3.63) is 0 Å². The van der Waals surface area contributed by atoms with Crippen molar-refractivity contribution < 1.29 is 9.53 Å². The van der Waals surface area contributed by atoms with Gasteiger partial charge in [0.05, 0.1) is 7.11 Å². The van der Waals surface area contributed by atoms with Crippen LogP contribution in [0.2, 0.25) is 0 Å². The van der Waals surface area contributed by atoms with Crippen molar-refractivity contribution in [1.29, 1.82) is 0 Å². The Morgan fingerprint density at radius 2 is 1.64 bits per heavy atom. The van der Waals surface area contributed by atoms with Gasteiger partial charge in [-0.1, -0.05) is 0 Å². The predicted octanol–water partition coefficient (Wildman–Crippen LogP) is 1.17. The minimum absolute atomic E-state index is 0.197. The van der Waals surface area contributed by atoms with Gasteiger partial charge in [-0.3, -0.25) is 4.90 Å². The molecule has 1 aliphatic heterocycles. The first kappa shape index (κ1) is 11.3. The van der Waals surface area contributed by atoms with Crippen LogP contribution in [0.15, 0.2) is 0 Å². The lowest BCUT2D eigenvalue weighted by molar-refractivity contribution is 0.0533. The van der Waals surface area contributed by atoms with Crippen molar-refractivity contribution in [2.45, 2.75) is 26.3 Å². The van der Waals surface area contributed by atoms with Gasteiger partial charge >= 0.3 is 6.09 Å². The zero-order valence-corrected chi connectivity index (χ0v) is 9.54. The molecule has 1 heterocycles. The van der Waals surface area contributed by atoms with E-state index in [0.29, 0.717) is 0 Å². The monoisotopic (exact) mass is 200 g/mol. The third-order valence-electron chi connectivity index (χ3n) is 2.66. The normalized spacial score (nSPS) is 19.6. The first-order chi connectivity index (χ1) is 6.45. The number of ether oxygens (including phenoxy) is 1. The molecule has 0 aromatic rings. The van der Waals surface area contributed by atoms with Crippen LogP contribution in [0, 0.1) is 0 Å². The van der Waals surface area contributed by atoms with Gasteiger partial charge in [-0.2, -0.15) is 0 Å². The Kier molecular flexibility index (Phi) is 3.37. The highest BCUT2D eigenvalue weighted by Gasteiger charge is 2.27. The van der Waals surface area contributed by atoms with Crippen LogP contribution in [0.4, 0.5) is 4.79 Å². The third kappa shape index (κ3) is 2.61. The molecule has 82 valence electrons. The second kappa shape index (κ2) is 4.17. The zero-order valence-electron chi connectivity index (χ0n) is 9.54. The Morgan fingerprint density at radius 3 is 2.00 bits per heavy atom. The van der Waals surface area contributed by atoms with Crippen molar-refractivity contribution >= 4 is 6.09 Å². The minimum Gasteiger partial charge on any atom is -0.453 e. The van der Waals surface area contributed by atoms with E-state index in [2.05, 4.69) is 30.4 Å². The maximum absolute atomic E-state index is 11.2. The van der Waals surface area contributed by atoms with Crippen LogP contribution in [0.5, 0.6) is 0 Å². The zero-order chi connectivity index (χ0) is 10.8. The molecule has 0 aromatic heterocycles. The Morgan fingerprint density at radius 1 is 1.14 bits per heavy atom. The van der Waals surface area contributed by atoms with Gasteiger partial charge in [0.25, 0.3) is 0 Å². The van der Waals surface area contributed by atoms with E-state index < -0.39 is 0 Å². The molecule has 4 nitrogen and oxygen atoms in total. The SMILES string of the molecule is COC(=O)N1CCN(C(C)(C)C)CC1. The number of nitrogens with zero attached hydrogens (tertiary/aromatic N) is 2. The predicted molar refractivity (Wildman–Crippen MR) is 55.3 cm³/mol. The van der Waals surface area contributed by atoms with Crippen molar-refractivity contribution in [3.63, 3.8) is 0 Å². The molecule has 1 rings (SSSR count). The molecule has 0 radical (unpaired) electrons. The molecule has 1 amide bonds. The Labute approximate surface area is 85.8 Å². The average Bonchev–Trinajstić information content (AvgIpc) is 2.15. The first-order valence-electron chi connectivity index (χ1n) is 5.03. The number of carbonyl (C=O) groups excluding carboxylic acids is 1. The van der Waals surface area contributed by atoms with Gasteiger partial charge in [-0.05, 0) is 20.8 Å². The van der Waals surface area contributed by atoms with Crippen LogP contribution in [0.3, 0.4) is 0 Å². The fraction of sp³-hybridized carbons (Fsp3) is 0.900. The molecule has 0 N–H and O–H groups in total. The lowest BCUT2D eigenvalue weighted by Gasteiger charge is -2.41. The smallest absolute Gasteiger partial charge is 0.409 e. The summed E-state index contributed by atoms with van der Waals surface area (Å²) in [6, 6.07) is 0. The molecule has 14 heavy (non-hydrogen) atoms. The highest BCUT2D eigenvalue weighted by atomic mass is 16.5. The summed E-state index contributed by atoms with van der Waals surface area (Å²) in [7, 11) is 1.43. The third-order valence-corrected chi connectivity index (χ3v) is 2.66. The summed E-state index contributed by atoms with van der Waals surface area (Å²) in [5, 5.41) is 0. The largest absolute Gasteiger partial charge is 0.453 e. The summed E-state index contributed by atoms with van der Waals surface area (Å²) in [6.07, 6.45) is -0.210. The van der Waals surface area contributed by atoms with Gasteiger partial charge in [-0.15, -0.1) is 0 Å². The van der Waals surface area contributed by atoms with E-state index in [1.807, 2.05) is 0 Å². The van der Waals surface area contributed by atoms with Crippen molar-refractivity contribution in [3.8, 4) is 0 Å². The van der Waals surface area contributed by atoms with Crippen LogP contribution in [0.1, 0.15) is 20.8 Å². The molecule has 4 heteroatoms. The highest BCUT2D eigenvalue weighted by molar-refractivity contribution is 5.67. The van der Waals surface area contributed by atoms with Crippen LogP contribution >= 0.6 is 0 Å². The van der Waals surface area contributed by atoms with Crippen LogP contribution in [0.25, 0.3) is 0 Å². The number of piperazine rings is 1. The number of rotatable bonds is 0. The van der Waals surface area contributed by atoms with E-state index in [0.717, 1.165) is 26.2 Å². The van der Waals surface area contributed by atoms with E-state index in [9.17, 15) is 4.79 Å². The van der Waals surface area contributed by atoms with Crippen molar-refractivity contribution in [2.75, 3.05) is 33.3 Å². The molecule has 0 saturated carbocycles. The van der Waals surface area contributed by atoms with Crippen LogP contribution in [-0.4, -0.2) is 54.7 Å². The lowest BCUT2D eigenvalue weighted by Crippen LogP contribution is -2.54. The van der Waals surface area contributed by atoms with Crippen LogP contribution < -0.4 is 0 Å². The van der Waals surface area contributed by atoms with Gasteiger partial charge in [0.1, 0.15) is 0 Å². The molecule has 0 spiro atoms. The second-order valence-electron chi connectivity index (χ2n) is 4.61. The number of hydrogen-bond donors (Lipinski definition) is 0. The molecule has 0 unspecified atom stereocenters. The van der Waals surface area contributed by atoms with Gasteiger partial charge in [0, 0.05) is 31.7 Å². The first-order valence-corrected chi connectivity index (χ1v) is 5.03. The quantitative estimate of drug-likeness (QED) is 0.588. The van der Waals surface area contributed by atoms with Gasteiger partial charge < -0.3 is 9.64 Å². The van der Waals surface area contributed by atoms with Crippen LogP contribution in [-0.2, 0) is 4.74 Å². The summed E-state index contributed by atoms with van der Waals surface area (Å²) in [5.74, 6) is 0. The number of hydrogen-bond acceptors (Lipinski definition) is 3. The van der Waals surface area contributed by atoms with E-state index in [4.69, 9.17) is 0 Å². The Bertz CT molecular complexity index is 203. The van der Waals surface area contributed by atoms with Gasteiger partial charge in [0.15, 0.2) is 0 Å². The minimum atomic E-state index is -0.210. The number of methoxy groups -OCH3 is 1. The average molecular weight is 200 g/mol. The lowest BCUT2D eigenvalue weighted by atomic mass is 10.1. The topological polar surface area (TPSA) is 32.8 Å². The molecule has 0 bridgehead atoms. The summed E-state index contributed by atoms with van der Waals surface area (Å²) >= 11 is 0. The van der Waals surface area contributed by atoms with E-state index >= 15 is 0 Å². The summed E-state index contributed by atoms with van der Waals surface area (Å²) in [6.45, 7) is 9.98. The molecular formula is C10H20N2O2. The highest BCUT2D eigenvalue weighted by Crippen LogP contribution is 2.15. The molecular weight excluding hydrogens is 180 g/mol. The fourth-order valence-corrected chi connectivity index (χ4v) is 1.69. The molecule has 0 aromatic carbocycles. The van der Waals surface area contributed by atoms with E-state index in [-0.39, 0.29) is 11.6 Å². The van der Waals surface area contributed by atoms with Gasteiger partial charge in [-0.25, -0.2) is 4.79 Å². The molecule has 0 atom stereocenters. The molecule has 1 aliphatic rings.